The highest BCUT2D eigenvalue weighted by atomic mass is 35.5. The quantitative estimate of drug-likeness (QED) is 0.873. The van der Waals surface area contributed by atoms with Gasteiger partial charge in [-0.25, -0.2) is 0 Å². The molecule has 1 unspecified atom stereocenters. The SMILES string of the molecule is CCC(C)(CN)C(=O)Nc1ccc(N(C)C)c(Cl)c1. The number of nitrogens with zero attached hydrogens (tertiary/aromatic N) is 1. The third-order valence-corrected chi connectivity index (χ3v) is 3.77. The van der Waals surface area contributed by atoms with Crippen LogP contribution in [0.25, 0.3) is 0 Å². The van der Waals surface area contributed by atoms with Crippen molar-refractivity contribution in [2.45, 2.75) is 20.3 Å². The molecule has 5 heteroatoms. The van der Waals surface area contributed by atoms with Crippen LogP contribution in [0.4, 0.5) is 11.4 Å². The highest BCUT2D eigenvalue weighted by Crippen LogP contribution is 2.29. The number of nitrogens with two attached hydrogens (primary N) is 1. The molecule has 0 aliphatic rings. The number of rotatable bonds is 5. The van der Waals surface area contributed by atoms with Crippen molar-refractivity contribution in [3.05, 3.63) is 23.2 Å². The maximum atomic E-state index is 12.2. The van der Waals surface area contributed by atoms with Crippen LogP contribution < -0.4 is 16.0 Å². The minimum atomic E-state index is -0.549. The molecule has 0 bridgehead atoms. The van der Waals surface area contributed by atoms with Gasteiger partial charge in [-0.2, -0.15) is 0 Å². The number of hydrogen-bond donors (Lipinski definition) is 2. The Hall–Kier alpha value is -1.26. The van der Waals surface area contributed by atoms with Crippen molar-refractivity contribution in [1.82, 2.24) is 0 Å². The van der Waals surface area contributed by atoms with Crippen LogP contribution in [0.1, 0.15) is 20.3 Å². The molecule has 3 N–H and O–H groups in total. The Morgan fingerprint density at radius 2 is 2.11 bits per heavy atom. The summed E-state index contributed by atoms with van der Waals surface area (Å²) in [4.78, 5) is 14.1. The molecule has 0 fully saturated rings. The maximum Gasteiger partial charge on any atom is 0.231 e. The zero-order chi connectivity index (χ0) is 14.6. The fourth-order valence-electron chi connectivity index (χ4n) is 1.63. The van der Waals surface area contributed by atoms with Crippen LogP contribution in [0, 0.1) is 5.41 Å². The lowest BCUT2D eigenvalue weighted by molar-refractivity contribution is -0.124. The van der Waals surface area contributed by atoms with Gasteiger partial charge in [-0.3, -0.25) is 4.79 Å². The summed E-state index contributed by atoms with van der Waals surface area (Å²) in [6.07, 6.45) is 0.693. The molecule has 0 radical (unpaired) electrons. The van der Waals surface area contributed by atoms with Crippen molar-refractivity contribution < 1.29 is 4.79 Å². The molecule has 0 aliphatic heterocycles. The largest absolute Gasteiger partial charge is 0.376 e. The Labute approximate surface area is 119 Å². The van der Waals surface area contributed by atoms with E-state index < -0.39 is 5.41 Å². The van der Waals surface area contributed by atoms with Gasteiger partial charge in [-0.1, -0.05) is 18.5 Å². The lowest BCUT2D eigenvalue weighted by Crippen LogP contribution is -2.39. The van der Waals surface area contributed by atoms with Crippen LogP contribution in [0.15, 0.2) is 18.2 Å². The van der Waals surface area contributed by atoms with Crippen LogP contribution in [-0.2, 0) is 4.79 Å². The van der Waals surface area contributed by atoms with Crippen LogP contribution in [0.2, 0.25) is 5.02 Å². The highest BCUT2D eigenvalue weighted by molar-refractivity contribution is 6.33. The summed E-state index contributed by atoms with van der Waals surface area (Å²) in [6.45, 7) is 4.13. The van der Waals surface area contributed by atoms with Gasteiger partial charge in [0.05, 0.1) is 16.1 Å². The minimum Gasteiger partial charge on any atom is -0.376 e. The van der Waals surface area contributed by atoms with Crippen LogP contribution in [0.5, 0.6) is 0 Å². The minimum absolute atomic E-state index is 0.0776. The molecule has 0 saturated carbocycles. The first kappa shape index (κ1) is 15.8. The van der Waals surface area contributed by atoms with Gasteiger partial charge in [0, 0.05) is 26.3 Å². The Morgan fingerprint density at radius 1 is 1.47 bits per heavy atom. The molecule has 0 aliphatic carbocycles. The van der Waals surface area contributed by atoms with Crippen molar-refractivity contribution >= 4 is 28.9 Å². The molecule has 1 aromatic rings. The third kappa shape index (κ3) is 3.61. The molecule has 0 saturated heterocycles. The second-order valence-corrected chi connectivity index (χ2v) is 5.54. The standard InChI is InChI=1S/C14H22ClN3O/c1-5-14(2,9-16)13(19)17-10-6-7-12(18(3)4)11(15)8-10/h6-8H,5,9,16H2,1-4H3,(H,17,19). The van der Waals surface area contributed by atoms with Gasteiger partial charge in [-0.15, -0.1) is 0 Å². The van der Waals surface area contributed by atoms with E-state index in [1.54, 1.807) is 6.07 Å². The molecule has 0 aromatic heterocycles. The van der Waals surface area contributed by atoms with E-state index in [1.165, 1.54) is 0 Å². The molecule has 1 atom stereocenters. The molecule has 106 valence electrons. The van der Waals surface area contributed by atoms with Gasteiger partial charge in [0.2, 0.25) is 5.91 Å². The predicted octanol–water partition coefficient (Wildman–Crippen LogP) is 2.72. The maximum absolute atomic E-state index is 12.2. The normalized spacial score (nSPS) is 13.8. The molecule has 1 rings (SSSR count). The van der Waals surface area contributed by atoms with Gasteiger partial charge in [-0.05, 0) is 31.5 Å². The number of amides is 1. The van der Waals surface area contributed by atoms with Gasteiger partial charge >= 0.3 is 0 Å². The zero-order valence-corrected chi connectivity index (χ0v) is 12.7. The summed E-state index contributed by atoms with van der Waals surface area (Å²) in [7, 11) is 3.84. The Kier molecular flexibility index (Phi) is 5.20. The number of halogens is 1. The highest BCUT2D eigenvalue weighted by Gasteiger charge is 2.29. The number of carbonyl (C=O) groups excluding carboxylic acids is 1. The molecular weight excluding hydrogens is 262 g/mol. The zero-order valence-electron chi connectivity index (χ0n) is 12.0. The van der Waals surface area contributed by atoms with Crippen molar-refractivity contribution in [1.29, 1.82) is 0 Å². The Morgan fingerprint density at radius 3 is 2.53 bits per heavy atom. The molecule has 19 heavy (non-hydrogen) atoms. The van der Waals surface area contributed by atoms with Crippen LogP contribution in [-0.4, -0.2) is 26.5 Å². The first-order chi connectivity index (χ1) is 8.84. The monoisotopic (exact) mass is 283 g/mol. The summed E-state index contributed by atoms with van der Waals surface area (Å²) >= 11 is 6.17. The molecule has 0 heterocycles. The summed E-state index contributed by atoms with van der Waals surface area (Å²) in [6, 6.07) is 5.47. The average molecular weight is 284 g/mol. The van der Waals surface area contributed by atoms with Crippen LogP contribution >= 0.6 is 11.6 Å². The van der Waals surface area contributed by atoms with Gasteiger partial charge in [0.1, 0.15) is 0 Å². The van der Waals surface area contributed by atoms with E-state index >= 15 is 0 Å². The Balaban J connectivity index is 2.89. The van der Waals surface area contributed by atoms with E-state index in [9.17, 15) is 4.79 Å². The summed E-state index contributed by atoms with van der Waals surface area (Å²) in [5.41, 5.74) is 6.73. The van der Waals surface area contributed by atoms with Crippen molar-refractivity contribution in [2.75, 3.05) is 30.9 Å². The topological polar surface area (TPSA) is 58.4 Å². The van der Waals surface area contributed by atoms with Crippen LogP contribution in [0.3, 0.4) is 0 Å². The van der Waals surface area contributed by atoms with Gasteiger partial charge < -0.3 is 16.0 Å². The number of anilines is 2. The lowest BCUT2D eigenvalue weighted by Gasteiger charge is -2.25. The molecular formula is C14H22ClN3O. The number of hydrogen-bond acceptors (Lipinski definition) is 3. The summed E-state index contributed by atoms with van der Waals surface area (Å²) in [5, 5.41) is 3.47. The number of benzene rings is 1. The number of carbonyl (C=O) groups is 1. The summed E-state index contributed by atoms with van der Waals surface area (Å²) < 4.78 is 0. The first-order valence-electron chi connectivity index (χ1n) is 6.32. The van der Waals surface area contributed by atoms with E-state index in [2.05, 4.69) is 5.32 Å². The number of nitrogens with one attached hydrogen (secondary N) is 1. The smallest absolute Gasteiger partial charge is 0.231 e. The van der Waals surface area contributed by atoms with Gasteiger partial charge in [0.15, 0.2) is 0 Å². The van der Waals surface area contributed by atoms with Gasteiger partial charge in [0.25, 0.3) is 0 Å². The van der Waals surface area contributed by atoms with E-state index in [0.29, 0.717) is 23.7 Å². The third-order valence-electron chi connectivity index (χ3n) is 3.47. The first-order valence-corrected chi connectivity index (χ1v) is 6.70. The van der Waals surface area contributed by atoms with Crippen molar-refractivity contribution in [3.8, 4) is 0 Å². The van der Waals surface area contributed by atoms with Crippen molar-refractivity contribution in [3.63, 3.8) is 0 Å². The van der Waals surface area contributed by atoms with E-state index in [0.717, 1.165) is 5.69 Å². The van der Waals surface area contributed by atoms with E-state index in [4.69, 9.17) is 17.3 Å². The average Bonchev–Trinajstić information content (AvgIpc) is 2.37. The van der Waals surface area contributed by atoms with E-state index in [1.807, 2.05) is 45.0 Å². The second kappa shape index (κ2) is 6.26. The fourth-order valence-corrected chi connectivity index (χ4v) is 1.98. The second-order valence-electron chi connectivity index (χ2n) is 5.13. The predicted molar refractivity (Wildman–Crippen MR) is 81.9 cm³/mol. The molecule has 0 spiro atoms. The molecule has 1 amide bonds. The van der Waals surface area contributed by atoms with E-state index in [-0.39, 0.29) is 5.91 Å². The Bertz CT molecular complexity index is 456. The lowest BCUT2D eigenvalue weighted by atomic mass is 9.86. The van der Waals surface area contributed by atoms with Crippen molar-refractivity contribution in [2.24, 2.45) is 11.1 Å². The molecule has 4 nitrogen and oxygen atoms in total. The fraction of sp³-hybridized carbons (Fsp3) is 0.500. The molecule has 1 aromatic carbocycles. The summed E-state index contributed by atoms with van der Waals surface area (Å²) in [5.74, 6) is -0.0776.